The number of rotatable bonds is 5. The van der Waals surface area contributed by atoms with Crippen LogP contribution in [0.4, 0.5) is 0 Å². The molecule has 0 unspecified atom stereocenters. The highest BCUT2D eigenvalue weighted by Gasteiger charge is 2.36. The summed E-state index contributed by atoms with van der Waals surface area (Å²) in [6.07, 6.45) is 0. The first-order chi connectivity index (χ1) is 23.5. The number of hydrogen-bond acceptors (Lipinski definition) is 5. The normalized spacial score (nSPS) is 12.9. The molecule has 1 aliphatic heterocycles. The SMILES string of the molecule is CC1(C)c2cccc(-c3ccccc3-c3ccccc3-c3nc(-c4ccccc4)nc(-c4ccccc4)n3)c2Sc2cccc(C#N)c21. The highest BCUT2D eigenvalue weighted by atomic mass is 32.2. The highest BCUT2D eigenvalue weighted by Crippen LogP contribution is 2.54. The Labute approximate surface area is 284 Å². The minimum absolute atomic E-state index is 0.336. The van der Waals surface area contributed by atoms with E-state index in [1.54, 1.807) is 11.8 Å². The van der Waals surface area contributed by atoms with E-state index in [0.29, 0.717) is 17.5 Å². The molecule has 48 heavy (non-hydrogen) atoms. The van der Waals surface area contributed by atoms with Crippen LogP contribution < -0.4 is 0 Å². The zero-order valence-corrected chi connectivity index (χ0v) is 27.4. The first-order valence-electron chi connectivity index (χ1n) is 15.9. The lowest BCUT2D eigenvalue weighted by Crippen LogP contribution is -2.25. The van der Waals surface area contributed by atoms with Gasteiger partial charge in [-0.1, -0.05) is 159 Å². The molecule has 0 fully saturated rings. The fraction of sp³-hybridized carbons (Fsp3) is 0.0698. The van der Waals surface area contributed by atoms with Crippen molar-refractivity contribution in [2.24, 2.45) is 0 Å². The van der Waals surface area contributed by atoms with Crippen molar-refractivity contribution in [1.29, 1.82) is 5.26 Å². The van der Waals surface area contributed by atoms with E-state index in [0.717, 1.165) is 55.0 Å². The molecule has 1 aromatic heterocycles. The minimum Gasteiger partial charge on any atom is -0.208 e. The number of benzene rings is 6. The van der Waals surface area contributed by atoms with E-state index < -0.39 is 0 Å². The predicted octanol–water partition coefficient (Wildman–Crippen LogP) is 10.9. The lowest BCUT2D eigenvalue weighted by atomic mass is 9.75. The van der Waals surface area contributed by atoms with Crippen LogP contribution in [0.2, 0.25) is 0 Å². The molecule has 0 radical (unpaired) electrons. The Kier molecular flexibility index (Phi) is 7.44. The van der Waals surface area contributed by atoms with Crippen LogP contribution >= 0.6 is 11.8 Å². The number of hydrogen-bond donors (Lipinski definition) is 0. The van der Waals surface area contributed by atoms with Gasteiger partial charge >= 0.3 is 0 Å². The van der Waals surface area contributed by atoms with Crippen molar-refractivity contribution in [3.63, 3.8) is 0 Å². The third-order valence-corrected chi connectivity index (χ3v) is 10.3. The summed E-state index contributed by atoms with van der Waals surface area (Å²) in [5.74, 6) is 1.89. The third kappa shape index (κ3) is 5.08. The van der Waals surface area contributed by atoms with E-state index in [4.69, 9.17) is 15.0 Å². The number of nitriles is 1. The first-order valence-corrected chi connectivity index (χ1v) is 16.8. The second kappa shape index (κ2) is 12.1. The van der Waals surface area contributed by atoms with E-state index in [2.05, 4.69) is 86.6 Å². The van der Waals surface area contributed by atoms with E-state index in [1.807, 2.05) is 78.9 Å². The lowest BCUT2D eigenvalue weighted by Gasteiger charge is -2.36. The van der Waals surface area contributed by atoms with Crippen LogP contribution in [-0.2, 0) is 5.41 Å². The van der Waals surface area contributed by atoms with E-state index in [9.17, 15) is 5.26 Å². The molecule has 7 aromatic rings. The number of aromatic nitrogens is 3. The minimum atomic E-state index is -0.336. The number of fused-ring (bicyclic) bond motifs is 2. The van der Waals surface area contributed by atoms with Crippen molar-refractivity contribution in [2.75, 3.05) is 0 Å². The van der Waals surface area contributed by atoms with Gasteiger partial charge < -0.3 is 0 Å². The molecule has 6 aromatic carbocycles. The fourth-order valence-corrected chi connectivity index (χ4v) is 8.30. The Morgan fingerprint density at radius 1 is 0.500 bits per heavy atom. The number of nitrogens with zero attached hydrogens (tertiary/aromatic N) is 4. The molecule has 0 bridgehead atoms. The molecule has 228 valence electrons. The molecule has 0 saturated heterocycles. The first kappa shape index (κ1) is 29.6. The molecule has 0 atom stereocenters. The van der Waals surface area contributed by atoms with Crippen molar-refractivity contribution in [2.45, 2.75) is 29.1 Å². The lowest BCUT2D eigenvalue weighted by molar-refractivity contribution is 0.606. The van der Waals surface area contributed by atoms with Gasteiger partial charge in [-0.15, -0.1) is 0 Å². The van der Waals surface area contributed by atoms with Crippen molar-refractivity contribution in [3.8, 4) is 62.5 Å². The summed E-state index contributed by atoms with van der Waals surface area (Å²) < 4.78 is 0. The van der Waals surface area contributed by atoms with E-state index in [1.165, 1.54) is 10.5 Å². The standard InChI is InChI=1S/C43H30N4S/c1-43(2)36-25-14-24-34(39(36)48-37-26-13-19-30(27-44)38(37)43)32-21-10-9-20-31(32)33-22-11-12-23-35(33)42-46-40(28-15-5-3-6-16-28)45-41(47-42)29-17-7-4-8-18-29/h3-26H,1-2H3. The molecule has 8 rings (SSSR count). The molecular formula is C43H30N4S. The van der Waals surface area contributed by atoms with E-state index >= 15 is 0 Å². The monoisotopic (exact) mass is 634 g/mol. The van der Waals surface area contributed by atoms with E-state index in [-0.39, 0.29) is 5.41 Å². The molecule has 2 heterocycles. The molecule has 5 heteroatoms. The van der Waals surface area contributed by atoms with Gasteiger partial charge in [-0.05, 0) is 45.5 Å². The largest absolute Gasteiger partial charge is 0.208 e. The Morgan fingerprint density at radius 3 is 1.58 bits per heavy atom. The van der Waals surface area contributed by atoms with Gasteiger partial charge in [-0.3, -0.25) is 0 Å². The van der Waals surface area contributed by atoms with Crippen LogP contribution in [0.15, 0.2) is 155 Å². The topological polar surface area (TPSA) is 62.5 Å². The second-order valence-electron chi connectivity index (χ2n) is 12.3. The van der Waals surface area contributed by atoms with Crippen LogP contribution in [0.3, 0.4) is 0 Å². The van der Waals surface area contributed by atoms with Gasteiger partial charge in [0.25, 0.3) is 0 Å². The van der Waals surface area contributed by atoms with Crippen LogP contribution in [0.1, 0.15) is 30.5 Å². The van der Waals surface area contributed by atoms with Crippen molar-refractivity contribution in [1.82, 2.24) is 15.0 Å². The zero-order valence-electron chi connectivity index (χ0n) is 26.6. The second-order valence-corrected chi connectivity index (χ2v) is 13.4. The summed E-state index contributed by atoms with van der Waals surface area (Å²) in [6.45, 7) is 4.46. The molecule has 0 amide bonds. The smallest absolute Gasteiger partial charge is 0.164 e. The summed E-state index contributed by atoms with van der Waals surface area (Å²) in [5, 5.41) is 9.98. The van der Waals surface area contributed by atoms with Crippen LogP contribution in [0.5, 0.6) is 0 Å². The molecule has 4 nitrogen and oxygen atoms in total. The Morgan fingerprint density at radius 2 is 0.979 bits per heavy atom. The van der Waals surface area contributed by atoms with Crippen molar-refractivity contribution in [3.05, 3.63) is 162 Å². The molecule has 0 spiro atoms. The van der Waals surface area contributed by atoms with Gasteiger partial charge in [-0.25, -0.2) is 15.0 Å². The summed E-state index contributed by atoms with van der Waals surface area (Å²) in [4.78, 5) is 17.4. The maximum atomic E-state index is 9.98. The fourth-order valence-electron chi connectivity index (χ4n) is 6.74. The molecule has 0 aliphatic carbocycles. The summed E-state index contributed by atoms with van der Waals surface area (Å²) in [7, 11) is 0. The molecular weight excluding hydrogens is 605 g/mol. The van der Waals surface area contributed by atoms with Crippen LogP contribution in [0.25, 0.3) is 56.4 Å². The predicted molar refractivity (Wildman–Crippen MR) is 194 cm³/mol. The quantitative estimate of drug-likeness (QED) is 0.188. The molecule has 0 N–H and O–H groups in total. The Balaban J connectivity index is 1.32. The van der Waals surface area contributed by atoms with Gasteiger partial charge in [0.2, 0.25) is 0 Å². The maximum absolute atomic E-state index is 9.98. The average Bonchev–Trinajstić information content (AvgIpc) is 3.15. The summed E-state index contributed by atoms with van der Waals surface area (Å²) >= 11 is 1.76. The summed E-state index contributed by atoms with van der Waals surface area (Å²) in [6, 6.07) is 52.2. The van der Waals surface area contributed by atoms with Crippen molar-refractivity contribution < 1.29 is 0 Å². The maximum Gasteiger partial charge on any atom is 0.164 e. The van der Waals surface area contributed by atoms with Gasteiger partial charge in [-0.2, -0.15) is 5.26 Å². The van der Waals surface area contributed by atoms with Gasteiger partial charge in [0.1, 0.15) is 0 Å². The third-order valence-electron chi connectivity index (χ3n) is 9.05. The zero-order chi connectivity index (χ0) is 32.7. The average molecular weight is 635 g/mol. The van der Waals surface area contributed by atoms with Crippen LogP contribution in [-0.4, -0.2) is 15.0 Å². The van der Waals surface area contributed by atoms with Gasteiger partial charge in [0.15, 0.2) is 17.5 Å². The van der Waals surface area contributed by atoms with Crippen molar-refractivity contribution >= 4 is 11.8 Å². The Hall–Kier alpha value is -5.83. The van der Waals surface area contributed by atoms with Crippen LogP contribution in [0, 0.1) is 11.3 Å². The molecule has 1 aliphatic rings. The van der Waals surface area contributed by atoms with Gasteiger partial charge in [0.05, 0.1) is 11.6 Å². The molecule has 0 saturated carbocycles. The Bertz CT molecular complexity index is 2300. The van der Waals surface area contributed by atoms with Gasteiger partial charge in [0, 0.05) is 31.9 Å². The summed E-state index contributed by atoms with van der Waals surface area (Å²) in [5.41, 5.74) is 9.96. The highest BCUT2D eigenvalue weighted by molar-refractivity contribution is 7.99.